The third-order valence-electron chi connectivity index (χ3n) is 4.69. The second-order valence-electron chi connectivity index (χ2n) is 6.57. The predicted octanol–water partition coefficient (Wildman–Crippen LogP) is 3.69. The average Bonchev–Trinajstić information content (AvgIpc) is 3.22. The maximum atomic E-state index is 5.87. The number of hydrogen-bond donors (Lipinski definition) is 1. The molecule has 0 aromatic heterocycles. The van der Waals surface area contributed by atoms with Crippen molar-refractivity contribution in [1.29, 1.82) is 0 Å². The predicted molar refractivity (Wildman–Crippen MR) is 85.0 cm³/mol. The van der Waals surface area contributed by atoms with Crippen LogP contribution < -0.4 is 14.8 Å². The van der Waals surface area contributed by atoms with Crippen molar-refractivity contribution in [2.75, 3.05) is 7.11 Å². The van der Waals surface area contributed by atoms with Crippen molar-refractivity contribution >= 4 is 0 Å². The molecule has 1 saturated carbocycles. The van der Waals surface area contributed by atoms with Crippen LogP contribution in [0.25, 0.3) is 0 Å². The van der Waals surface area contributed by atoms with Crippen LogP contribution in [0.5, 0.6) is 11.5 Å². The van der Waals surface area contributed by atoms with Gasteiger partial charge in [-0.05, 0) is 37.8 Å². The largest absolute Gasteiger partial charge is 0.496 e. The van der Waals surface area contributed by atoms with Gasteiger partial charge in [0.15, 0.2) is 0 Å². The monoisotopic (exact) mass is 289 g/mol. The van der Waals surface area contributed by atoms with E-state index in [9.17, 15) is 0 Å². The van der Waals surface area contributed by atoms with Crippen LogP contribution in [-0.2, 0) is 13.0 Å². The third kappa shape index (κ3) is 3.52. The number of fused-ring (bicyclic) bond motifs is 1. The van der Waals surface area contributed by atoms with Gasteiger partial charge in [0, 0.05) is 30.1 Å². The van der Waals surface area contributed by atoms with Crippen LogP contribution in [0.1, 0.15) is 50.7 Å². The fraction of sp³-hybridized carbons (Fsp3) is 0.667. The van der Waals surface area contributed by atoms with Crippen molar-refractivity contribution in [3.8, 4) is 11.5 Å². The highest BCUT2D eigenvalue weighted by Crippen LogP contribution is 2.36. The lowest BCUT2D eigenvalue weighted by Gasteiger charge is -2.18. The summed E-state index contributed by atoms with van der Waals surface area (Å²) in [4.78, 5) is 0. The average molecular weight is 289 g/mol. The second-order valence-corrected chi connectivity index (χ2v) is 6.57. The number of ether oxygens (including phenoxy) is 2. The number of rotatable bonds is 7. The summed E-state index contributed by atoms with van der Waals surface area (Å²) in [7, 11) is 1.76. The molecule has 2 aliphatic rings. The van der Waals surface area contributed by atoms with Gasteiger partial charge in [-0.15, -0.1) is 0 Å². The number of nitrogens with one attached hydrogen (secondary N) is 1. The molecule has 0 amide bonds. The Kier molecular flexibility index (Phi) is 4.39. The van der Waals surface area contributed by atoms with Crippen LogP contribution in [0.4, 0.5) is 0 Å². The summed E-state index contributed by atoms with van der Waals surface area (Å²) < 4.78 is 11.4. The van der Waals surface area contributed by atoms with E-state index in [1.54, 1.807) is 7.11 Å². The van der Waals surface area contributed by atoms with Gasteiger partial charge in [-0.3, -0.25) is 0 Å². The van der Waals surface area contributed by atoms with E-state index in [0.29, 0.717) is 6.04 Å². The lowest BCUT2D eigenvalue weighted by atomic mass is 10.0. The molecule has 0 radical (unpaired) electrons. The molecular weight excluding hydrogens is 262 g/mol. The van der Waals surface area contributed by atoms with Crippen LogP contribution in [0, 0.1) is 5.92 Å². The van der Waals surface area contributed by atoms with Crippen molar-refractivity contribution in [1.82, 2.24) is 5.32 Å². The van der Waals surface area contributed by atoms with E-state index in [4.69, 9.17) is 9.47 Å². The van der Waals surface area contributed by atoms with Gasteiger partial charge in [-0.2, -0.15) is 0 Å². The number of hydrogen-bond acceptors (Lipinski definition) is 3. The van der Waals surface area contributed by atoms with Crippen molar-refractivity contribution in [3.63, 3.8) is 0 Å². The van der Waals surface area contributed by atoms with E-state index in [2.05, 4.69) is 31.3 Å². The minimum absolute atomic E-state index is 0.283. The zero-order valence-corrected chi connectivity index (χ0v) is 13.4. The summed E-state index contributed by atoms with van der Waals surface area (Å²) in [5.41, 5.74) is 2.48. The molecule has 1 aromatic rings. The number of methoxy groups -OCH3 is 1. The summed E-state index contributed by atoms with van der Waals surface area (Å²) in [6.07, 6.45) is 6.62. The topological polar surface area (TPSA) is 30.5 Å². The normalized spacial score (nSPS) is 21.8. The molecule has 1 fully saturated rings. The Bertz CT molecular complexity index is 496. The maximum Gasteiger partial charge on any atom is 0.123 e. The fourth-order valence-electron chi connectivity index (χ4n) is 3.21. The van der Waals surface area contributed by atoms with Crippen molar-refractivity contribution in [3.05, 3.63) is 23.3 Å². The van der Waals surface area contributed by atoms with Gasteiger partial charge in [0.25, 0.3) is 0 Å². The standard InChI is InChI=1S/C18H27NO2/c1-4-16(8-13-5-6-13)19-11-15-10-18-14(7-12(2)21-18)9-17(15)20-3/h9-10,12-13,16,19H,4-8,11H2,1-3H3. The molecule has 2 atom stereocenters. The van der Waals surface area contributed by atoms with E-state index in [1.165, 1.54) is 36.8 Å². The Hall–Kier alpha value is -1.22. The molecule has 0 saturated heterocycles. The molecule has 3 rings (SSSR count). The molecule has 1 N–H and O–H groups in total. The quantitative estimate of drug-likeness (QED) is 0.830. The lowest BCUT2D eigenvalue weighted by molar-refractivity contribution is 0.254. The van der Waals surface area contributed by atoms with Gasteiger partial charge in [0.05, 0.1) is 7.11 Å². The molecule has 0 spiro atoms. The zero-order valence-electron chi connectivity index (χ0n) is 13.4. The van der Waals surface area contributed by atoms with Gasteiger partial charge >= 0.3 is 0 Å². The summed E-state index contributed by atoms with van der Waals surface area (Å²) in [6.45, 7) is 5.25. The molecular formula is C18H27NO2. The first kappa shape index (κ1) is 14.7. The maximum absolute atomic E-state index is 5.87. The minimum atomic E-state index is 0.283. The molecule has 0 bridgehead atoms. The highest BCUT2D eigenvalue weighted by molar-refractivity contribution is 5.48. The van der Waals surface area contributed by atoms with Crippen LogP contribution in [0.15, 0.2) is 12.1 Å². The minimum Gasteiger partial charge on any atom is -0.496 e. The van der Waals surface area contributed by atoms with Gasteiger partial charge in [0.1, 0.15) is 17.6 Å². The first-order valence-corrected chi connectivity index (χ1v) is 8.29. The Balaban J connectivity index is 1.67. The van der Waals surface area contributed by atoms with E-state index in [0.717, 1.165) is 30.4 Å². The van der Waals surface area contributed by atoms with Gasteiger partial charge in [0.2, 0.25) is 0 Å². The first-order chi connectivity index (χ1) is 10.2. The molecule has 1 aromatic carbocycles. The lowest BCUT2D eigenvalue weighted by Crippen LogP contribution is -2.28. The molecule has 21 heavy (non-hydrogen) atoms. The SMILES string of the molecule is CCC(CC1CC1)NCc1cc2c(cc1OC)CC(C)O2. The second kappa shape index (κ2) is 6.27. The summed E-state index contributed by atoms with van der Waals surface area (Å²) in [6, 6.07) is 4.93. The molecule has 1 aliphatic heterocycles. The van der Waals surface area contributed by atoms with Gasteiger partial charge in [-0.1, -0.05) is 19.8 Å². The highest BCUT2D eigenvalue weighted by atomic mass is 16.5. The molecule has 3 heteroatoms. The highest BCUT2D eigenvalue weighted by Gasteiger charge is 2.25. The number of benzene rings is 1. The van der Waals surface area contributed by atoms with Gasteiger partial charge < -0.3 is 14.8 Å². The molecule has 116 valence electrons. The van der Waals surface area contributed by atoms with Crippen LogP contribution in [-0.4, -0.2) is 19.3 Å². The van der Waals surface area contributed by atoms with Crippen molar-refractivity contribution < 1.29 is 9.47 Å². The van der Waals surface area contributed by atoms with Crippen LogP contribution >= 0.6 is 0 Å². The third-order valence-corrected chi connectivity index (χ3v) is 4.69. The zero-order chi connectivity index (χ0) is 14.8. The Morgan fingerprint density at radius 3 is 2.86 bits per heavy atom. The van der Waals surface area contributed by atoms with E-state index in [-0.39, 0.29) is 6.10 Å². The van der Waals surface area contributed by atoms with Crippen molar-refractivity contribution in [2.24, 2.45) is 5.92 Å². The van der Waals surface area contributed by atoms with Gasteiger partial charge in [-0.25, -0.2) is 0 Å². The van der Waals surface area contributed by atoms with E-state index in [1.807, 2.05) is 0 Å². The summed E-state index contributed by atoms with van der Waals surface area (Å²) >= 11 is 0. The Morgan fingerprint density at radius 2 is 2.19 bits per heavy atom. The van der Waals surface area contributed by atoms with Crippen LogP contribution in [0.2, 0.25) is 0 Å². The fourth-order valence-corrected chi connectivity index (χ4v) is 3.21. The molecule has 2 unspecified atom stereocenters. The Labute approximate surface area is 128 Å². The van der Waals surface area contributed by atoms with E-state index >= 15 is 0 Å². The smallest absolute Gasteiger partial charge is 0.123 e. The summed E-state index contributed by atoms with van der Waals surface area (Å²) in [5, 5.41) is 3.70. The first-order valence-electron chi connectivity index (χ1n) is 8.29. The van der Waals surface area contributed by atoms with E-state index < -0.39 is 0 Å². The summed E-state index contributed by atoms with van der Waals surface area (Å²) in [5.74, 6) is 2.99. The molecule has 1 heterocycles. The van der Waals surface area contributed by atoms with Crippen LogP contribution in [0.3, 0.4) is 0 Å². The Morgan fingerprint density at radius 1 is 1.38 bits per heavy atom. The molecule has 3 nitrogen and oxygen atoms in total. The molecule has 1 aliphatic carbocycles. The van der Waals surface area contributed by atoms with Crippen molar-refractivity contribution in [2.45, 2.75) is 64.6 Å².